The molecule has 0 atom stereocenters. The first-order valence-electron chi connectivity index (χ1n) is 4.40. The molecule has 1 aliphatic rings. The first kappa shape index (κ1) is 10.1. The van der Waals surface area contributed by atoms with Gasteiger partial charge >= 0.3 is 6.18 Å². The van der Waals surface area contributed by atoms with Gasteiger partial charge in [0.15, 0.2) is 5.69 Å². The van der Waals surface area contributed by atoms with E-state index in [-0.39, 0.29) is 24.4 Å². The minimum absolute atomic E-state index is 0.137. The lowest BCUT2D eigenvalue weighted by Gasteiger charge is -2.16. The van der Waals surface area contributed by atoms with Crippen LogP contribution in [0.25, 0.3) is 0 Å². The Morgan fingerprint density at radius 3 is 2.67 bits per heavy atom. The molecular formula is C9H8F3N3. The van der Waals surface area contributed by atoms with Gasteiger partial charge in [0.1, 0.15) is 5.82 Å². The number of nitrogens with zero attached hydrogens (tertiary/aromatic N) is 3. The van der Waals surface area contributed by atoms with Crippen LogP contribution >= 0.6 is 0 Å². The van der Waals surface area contributed by atoms with Crippen molar-refractivity contribution in [2.45, 2.75) is 26.1 Å². The molecule has 3 nitrogen and oxygen atoms in total. The molecule has 2 rings (SSSR count). The fourth-order valence-corrected chi connectivity index (χ4v) is 1.54. The second kappa shape index (κ2) is 3.29. The second-order valence-electron chi connectivity index (χ2n) is 3.27. The number of alkyl halides is 3. The molecule has 0 saturated carbocycles. The summed E-state index contributed by atoms with van der Waals surface area (Å²) >= 11 is 0. The van der Waals surface area contributed by atoms with Crippen LogP contribution in [0.1, 0.15) is 22.8 Å². The van der Waals surface area contributed by atoms with Crippen LogP contribution in [0.2, 0.25) is 0 Å². The molecular weight excluding hydrogens is 207 g/mol. The number of aromatic nitrogens is 2. The third kappa shape index (κ3) is 1.84. The smallest absolute Gasteiger partial charge is 0.291 e. The maximum atomic E-state index is 12.6. The zero-order chi connectivity index (χ0) is 11.1. The van der Waals surface area contributed by atoms with Crippen LogP contribution in [-0.2, 0) is 19.1 Å². The SMILES string of the molecule is Cc1nc2c(c(C(F)(F)F)n1)CC=NC2. The molecule has 0 radical (unpaired) electrons. The van der Waals surface area contributed by atoms with Gasteiger partial charge in [0.25, 0.3) is 0 Å². The molecule has 0 bridgehead atoms. The highest BCUT2D eigenvalue weighted by Crippen LogP contribution is 2.32. The van der Waals surface area contributed by atoms with Crippen molar-refractivity contribution >= 4 is 6.21 Å². The van der Waals surface area contributed by atoms with E-state index in [4.69, 9.17) is 0 Å². The molecule has 0 aliphatic carbocycles. The monoisotopic (exact) mass is 215 g/mol. The van der Waals surface area contributed by atoms with E-state index in [0.717, 1.165) is 0 Å². The Morgan fingerprint density at radius 1 is 1.27 bits per heavy atom. The molecule has 15 heavy (non-hydrogen) atoms. The molecule has 6 heteroatoms. The molecule has 0 saturated heterocycles. The van der Waals surface area contributed by atoms with Gasteiger partial charge in [-0.05, 0) is 6.92 Å². The van der Waals surface area contributed by atoms with E-state index in [1.165, 1.54) is 13.1 Å². The van der Waals surface area contributed by atoms with Gasteiger partial charge in [0.2, 0.25) is 0 Å². The van der Waals surface area contributed by atoms with Crippen molar-refractivity contribution in [2.24, 2.45) is 4.99 Å². The lowest BCUT2D eigenvalue weighted by molar-refractivity contribution is -0.142. The largest absolute Gasteiger partial charge is 0.433 e. The summed E-state index contributed by atoms with van der Waals surface area (Å²) in [6, 6.07) is 0. The maximum absolute atomic E-state index is 12.6. The highest BCUT2D eigenvalue weighted by molar-refractivity contribution is 5.64. The lowest BCUT2D eigenvalue weighted by Crippen LogP contribution is -2.18. The van der Waals surface area contributed by atoms with Crippen molar-refractivity contribution in [3.05, 3.63) is 22.8 Å². The van der Waals surface area contributed by atoms with Crippen LogP contribution in [0.15, 0.2) is 4.99 Å². The third-order valence-corrected chi connectivity index (χ3v) is 2.14. The van der Waals surface area contributed by atoms with E-state index in [2.05, 4.69) is 15.0 Å². The Kier molecular flexibility index (Phi) is 2.21. The van der Waals surface area contributed by atoms with Gasteiger partial charge in [-0.2, -0.15) is 13.2 Å². The average molecular weight is 215 g/mol. The Hall–Kier alpha value is -1.46. The molecule has 0 spiro atoms. The van der Waals surface area contributed by atoms with Crippen molar-refractivity contribution in [1.82, 2.24) is 9.97 Å². The number of fused-ring (bicyclic) bond motifs is 1. The van der Waals surface area contributed by atoms with E-state index < -0.39 is 11.9 Å². The van der Waals surface area contributed by atoms with E-state index in [9.17, 15) is 13.2 Å². The van der Waals surface area contributed by atoms with Gasteiger partial charge in [-0.1, -0.05) is 0 Å². The fourth-order valence-electron chi connectivity index (χ4n) is 1.54. The standard InChI is InChI=1S/C9H8F3N3/c1-5-14-7-4-13-3-2-6(7)8(15-5)9(10,11)12/h3H,2,4H2,1H3. The fraction of sp³-hybridized carbons (Fsp3) is 0.444. The zero-order valence-corrected chi connectivity index (χ0v) is 7.97. The van der Waals surface area contributed by atoms with Crippen LogP contribution in [0.4, 0.5) is 13.2 Å². The van der Waals surface area contributed by atoms with E-state index >= 15 is 0 Å². The van der Waals surface area contributed by atoms with Gasteiger partial charge in [0.05, 0.1) is 12.2 Å². The quantitative estimate of drug-likeness (QED) is 0.663. The van der Waals surface area contributed by atoms with Crippen LogP contribution < -0.4 is 0 Å². The Bertz CT molecular complexity index is 423. The lowest BCUT2D eigenvalue weighted by atomic mass is 10.1. The summed E-state index contributed by atoms with van der Waals surface area (Å²) in [5, 5.41) is 0. The zero-order valence-electron chi connectivity index (χ0n) is 7.97. The van der Waals surface area contributed by atoms with E-state index in [0.29, 0.717) is 5.69 Å². The van der Waals surface area contributed by atoms with Crippen LogP contribution in [0.5, 0.6) is 0 Å². The molecule has 1 aromatic rings. The summed E-state index contributed by atoms with van der Waals surface area (Å²) in [5.41, 5.74) is -0.281. The molecule has 0 N–H and O–H groups in total. The third-order valence-electron chi connectivity index (χ3n) is 2.14. The van der Waals surface area contributed by atoms with Gasteiger partial charge in [-0.25, -0.2) is 9.97 Å². The number of aryl methyl sites for hydroxylation is 1. The maximum Gasteiger partial charge on any atom is 0.433 e. The number of halogens is 3. The highest BCUT2D eigenvalue weighted by atomic mass is 19.4. The molecule has 0 fully saturated rings. The molecule has 1 aromatic heterocycles. The van der Waals surface area contributed by atoms with Crippen molar-refractivity contribution < 1.29 is 13.2 Å². The highest BCUT2D eigenvalue weighted by Gasteiger charge is 2.37. The molecule has 0 unspecified atom stereocenters. The van der Waals surface area contributed by atoms with Crippen LogP contribution in [-0.4, -0.2) is 16.2 Å². The van der Waals surface area contributed by atoms with Crippen molar-refractivity contribution in [3.63, 3.8) is 0 Å². The van der Waals surface area contributed by atoms with Crippen molar-refractivity contribution in [2.75, 3.05) is 0 Å². The number of hydrogen-bond acceptors (Lipinski definition) is 3. The number of aliphatic imine (C=N–C) groups is 1. The summed E-state index contributed by atoms with van der Waals surface area (Å²) < 4.78 is 37.9. The van der Waals surface area contributed by atoms with E-state index in [1.807, 2.05) is 0 Å². The molecule has 80 valence electrons. The van der Waals surface area contributed by atoms with Gasteiger partial charge < -0.3 is 0 Å². The van der Waals surface area contributed by atoms with Crippen LogP contribution in [0, 0.1) is 6.92 Å². The topological polar surface area (TPSA) is 38.1 Å². The first-order valence-corrected chi connectivity index (χ1v) is 4.40. The molecule has 2 heterocycles. The van der Waals surface area contributed by atoms with Crippen LogP contribution in [0.3, 0.4) is 0 Å². The minimum atomic E-state index is -4.41. The van der Waals surface area contributed by atoms with E-state index in [1.54, 1.807) is 0 Å². The van der Waals surface area contributed by atoms with Gasteiger partial charge in [-0.3, -0.25) is 4.99 Å². The van der Waals surface area contributed by atoms with Gasteiger partial charge in [0, 0.05) is 18.2 Å². The van der Waals surface area contributed by atoms with Crippen molar-refractivity contribution in [3.8, 4) is 0 Å². The molecule has 1 aliphatic heterocycles. The summed E-state index contributed by atoms with van der Waals surface area (Å²) in [7, 11) is 0. The Morgan fingerprint density at radius 2 is 2.00 bits per heavy atom. The molecule has 0 amide bonds. The minimum Gasteiger partial charge on any atom is -0.291 e. The number of hydrogen-bond donors (Lipinski definition) is 0. The summed E-state index contributed by atoms with van der Waals surface area (Å²) in [4.78, 5) is 11.3. The predicted molar refractivity (Wildman–Crippen MR) is 47.7 cm³/mol. The summed E-state index contributed by atoms with van der Waals surface area (Å²) in [6.45, 7) is 1.66. The first-order chi connectivity index (χ1) is 6.98. The normalized spacial score (nSPS) is 15.2. The van der Waals surface area contributed by atoms with Gasteiger partial charge in [-0.15, -0.1) is 0 Å². The summed E-state index contributed by atoms with van der Waals surface area (Å²) in [5.74, 6) is 0.137. The predicted octanol–water partition coefficient (Wildman–Crippen LogP) is 1.93. The number of rotatable bonds is 0. The Balaban J connectivity index is 2.60. The average Bonchev–Trinajstić information content (AvgIpc) is 2.15. The molecule has 0 aromatic carbocycles. The van der Waals surface area contributed by atoms with Crippen molar-refractivity contribution in [1.29, 1.82) is 0 Å². The second-order valence-corrected chi connectivity index (χ2v) is 3.27. The Labute approximate surface area is 84.1 Å². The summed E-state index contributed by atoms with van der Waals surface area (Å²) in [6.07, 6.45) is -2.79.